The number of pyridine rings is 1. The number of carbonyl (C=O) groups excluding carboxylic acids is 1. The van der Waals surface area contributed by atoms with Crippen LogP contribution in [0.3, 0.4) is 0 Å². The van der Waals surface area contributed by atoms with Gasteiger partial charge in [0.2, 0.25) is 5.91 Å². The smallest absolute Gasteiger partial charge is 0.339 e. The molecule has 1 aromatic rings. The molecule has 0 saturated carbocycles. The van der Waals surface area contributed by atoms with Crippen LogP contribution >= 0.6 is 0 Å². The van der Waals surface area contributed by atoms with Crippen LogP contribution in [0.4, 0.5) is 13.2 Å². The van der Waals surface area contributed by atoms with E-state index in [2.05, 4.69) is 0 Å². The molecule has 1 amide bonds. The van der Waals surface area contributed by atoms with Gasteiger partial charge in [0, 0.05) is 31.4 Å². The van der Waals surface area contributed by atoms with E-state index in [0.717, 1.165) is 16.7 Å². The number of amides is 1. The van der Waals surface area contributed by atoms with Crippen LogP contribution in [0.1, 0.15) is 12.5 Å². The van der Waals surface area contributed by atoms with Gasteiger partial charge in [0.15, 0.2) is 0 Å². The summed E-state index contributed by atoms with van der Waals surface area (Å²) in [4.78, 5) is 27.6. The van der Waals surface area contributed by atoms with E-state index in [-0.39, 0.29) is 24.4 Å². The second-order valence-corrected chi connectivity index (χ2v) is 6.19. The Morgan fingerprint density at radius 2 is 1.96 bits per heavy atom. The second kappa shape index (κ2) is 6.35. The van der Waals surface area contributed by atoms with Crippen molar-refractivity contribution in [1.29, 1.82) is 0 Å². The van der Waals surface area contributed by atoms with E-state index in [1.807, 2.05) is 25.9 Å². The molecule has 0 N–H and O–H groups in total. The SMILES string of the molecule is C[C@H]1CN(C(=O)Cn2cc(C(F)(F)F)ccc2=O)C[C@@H]1N(C)C. The molecular weight excluding hydrogens is 311 g/mol. The summed E-state index contributed by atoms with van der Waals surface area (Å²) in [5, 5.41) is 0. The Morgan fingerprint density at radius 1 is 1.30 bits per heavy atom. The third kappa shape index (κ3) is 3.93. The van der Waals surface area contributed by atoms with E-state index >= 15 is 0 Å². The van der Waals surface area contributed by atoms with Crippen molar-refractivity contribution in [3.63, 3.8) is 0 Å². The van der Waals surface area contributed by atoms with Crippen molar-refractivity contribution >= 4 is 5.91 Å². The van der Waals surface area contributed by atoms with Crippen LogP contribution in [0.25, 0.3) is 0 Å². The number of rotatable bonds is 3. The zero-order valence-electron chi connectivity index (χ0n) is 13.3. The lowest BCUT2D eigenvalue weighted by atomic mass is 10.1. The maximum Gasteiger partial charge on any atom is 0.417 e. The number of halogens is 3. The van der Waals surface area contributed by atoms with Gasteiger partial charge in [0.1, 0.15) is 6.54 Å². The number of hydrogen-bond acceptors (Lipinski definition) is 3. The maximum atomic E-state index is 12.7. The highest BCUT2D eigenvalue weighted by atomic mass is 19.4. The highest BCUT2D eigenvalue weighted by Crippen LogP contribution is 2.28. The predicted molar refractivity (Wildman–Crippen MR) is 78.9 cm³/mol. The Balaban J connectivity index is 2.14. The van der Waals surface area contributed by atoms with Crippen LogP contribution in [0.2, 0.25) is 0 Å². The second-order valence-electron chi connectivity index (χ2n) is 6.19. The van der Waals surface area contributed by atoms with Gasteiger partial charge in [0.25, 0.3) is 5.56 Å². The minimum Gasteiger partial charge on any atom is -0.339 e. The lowest BCUT2D eigenvalue weighted by Crippen LogP contribution is -2.38. The molecule has 0 aliphatic carbocycles. The molecule has 0 bridgehead atoms. The number of likely N-dealkylation sites (N-methyl/N-ethyl adjacent to an activating group) is 1. The fourth-order valence-corrected chi connectivity index (χ4v) is 2.89. The van der Waals surface area contributed by atoms with Crippen LogP contribution < -0.4 is 5.56 Å². The molecule has 1 aliphatic rings. The Kier molecular flexibility index (Phi) is 4.84. The monoisotopic (exact) mass is 331 g/mol. The number of likely N-dealkylation sites (tertiary alicyclic amines) is 1. The van der Waals surface area contributed by atoms with Gasteiger partial charge in [-0.15, -0.1) is 0 Å². The summed E-state index contributed by atoms with van der Waals surface area (Å²) >= 11 is 0. The van der Waals surface area contributed by atoms with E-state index in [0.29, 0.717) is 19.3 Å². The molecule has 0 aromatic carbocycles. The lowest BCUT2D eigenvalue weighted by molar-refractivity contribution is -0.138. The zero-order chi connectivity index (χ0) is 17.4. The summed E-state index contributed by atoms with van der Waals surface area (Å²) in [6.07, 6.45) is -3.85. The van der Waals surface area contributed by atoms with Gasteiger partial charge in [-0.25, -0.2) is 0 Å². The van der Waals surface area contributed by atoms with Crippen molar-refractivity contribution < 1.29 is 18.0 Å². The molecule has 1 aromatic heterocycles. The first kappa shape index (κ1) is 17.5. The van der Waals surface area contributed by atoms with Crippen molar-refractivity contribution in [3.8, 4) is 0 Å². The maximum absolute atomic E-state index is 12.7. The van der Waals surface area contributed by atoms with E-state index in [1.165, 1.54) is 0 Å². The van der Waals surface area contributed by atoms with Crippen LogP contribution in [0, 0.1) is 5.92 Å². The van der Waals surface area contributed by atoms with E-state index in [1.54, 1.807) is 4.90 Å². The molecule has 1 fully saturated rings. The summed E-state index contributed by atoms with van der Waals surface area (Å²) in [7, 11) is 3.85. The van der Waals surface area contributed by atoms with Gasteiger partial charge in [0.05, 0.1) is 5.56 Å². The molecule has 8 heteroatoms. The quantitative estimate of drug-likeness (QED) is 0.838. The van der Waals surface area contributed by atoms with Gasteiger partial charge < -0.3 is 14.4 Å². The van der Waals surface area contributed by atoms with E-state index in [4.69, 9.17) is 0 Å². The molecule has 1 saturated heterocycles. The molecule has 2 heterocycles. The minimum atomic E-state index is -4.54. The van der Waals surface area contributed by atoms with Crippen LogP contribution in [-0.4, -0.2) is 53.5 Å². The van der Waals surface area contributed by atoms with E-state index in [9.17, 15) is 22.8 Å². The average molecular weight is 331 g/mol. The zero-order valence-corrected chi connectivity index (χ0v) is 13.3. The normalized spacial score (nSPS) is 22.0. The molecular formula is C15H20F3N3O2. The molecule has 1 aliphatic heterocycles. The standard InChI is InChI=1S/C15H20F3N3O2/c1-10-6-20(8-12(10)19(2)3)14(23)9-21-7-11(15(16,17)18)4-5-13(21)22/h4-5,7,10,12H,6,8-9H2,1-3H3/t10-,12-/m0/s1. The van der Waals surface area contributed by atoms with Crippen molar-refractivity contribution in [2.45, 2.75) is 25.7 Å². The Hall–Kier alpha value is -1.83. The molecule has 0 spiro atoms. The van der Waals surface area contributed by atoms with Crippen molar-refractivity contribution in [2.24, 2.45) is 5.92 Å². The van der Waals surface area contributed by atoms with Crippen molar-refractivity contribution in [2.75, 3.05) is 27.2 Å². The molecule has 23 heavy (non-hydrogen) atoms. The molecule has 0 radical (unpaired) electrons. The number of aromatic nitrogens is 1. The number of nitrogens with zero attached hydrogens (tertiary/aromatic N) is 3. The molecule has 0 unspecified atom stereocenters. The third-order valence-corrected chi connectivity index (χ3v) is 4.21. The van der Waals surface area contributed by atoms with Crippen LogP contribution in [0.15, 0.2) is 23.1 Å². The summed E-state index contributed by atoms with van der Waals surface area (Å²) in [6.45, 7) is 2.69. The van der Waals surface area contributed by atoms with Crippen molar-refractivity contribution in [1.82, 2.24) is 14.4 Å². The van der Waals surface area contributed by atoms with Gasteiger partial charge in [-0.05, 0) is 26.1 Å². The number of carbonyl (C=O) groups is 1. The molecule has 2 atom stereocenters. The first-order chi connectivity index (χ1) is 10.6. The highest BCUT2D eigenvalue weighted by molar-refractivity contribution is 5.76. The first-order valence-electron chi connectivity index (χ1n) is 7.31. The van der Waals surface area contributed by atoms with Gasteiger partial charge >= 0.3 is 6.18 Å². The van der Waals surface area contributed by atoms with Gasteiger partial charge in [-0.2, -0.15) is 13.2 Å². The number of hydrogen-bond donors (Lipinski definition) is 0. The minimum absolute atomic E-state index is 0.206. The molecule has 5 nitrogen and oxygen atoms in total. The molecule has 128 valence electrons. The Labute approximate surface area is 132 Å². The first-order valence-corrected chi connectivity index (χ1v) is 7.31. The van der Waals surface area contributed by atoms with Crippen LogP contribution in [-0.2, 0) is 17.5 Å². The van der Waals surface area contributed by atoms with Crippen LogP contribution in [0.5, 0.6) is 0 Å². The summed E-state index contributed by atoms with van der Waals surface area (Å²) in [6, 6.07) is 1.77. The highest BCUT2D eigenvalue weighted by Gasteiger charge is 2.34. The third-order valence-electron chi connectivity index (χ3n) is 4.21. The van der Waals surface area contributed by atoms with Gasteiger partial charge in [-0.3, -0.25) is 9.59 Å². The summed E-state index contributed by atoms with van der Waals surface area (Å²) < 4.78 is 39.0. The lowest BCUT2D eigenvalue weighted by Gasteiger charge is -2.22. The molecule has 2 rings (SSSR count). The fraction of sp³-hybridized carbons (Fsp3) is 0.600. The topological polar surface area (TPSA) is 45.6 Å². The summed E-state index contributed by atoms with van der Waals surface area (Å²) in [5.74, 6) is -0.0743. The summed E-state index contributed by atoms with van der Waals surface area (Å²) in [5.41, 5.74) is -1.56. The van der Waals surface area contributed by atoms with E-state index < -0.39 is 17.3 Å². The Bertz CT molecular complexity index is 640. The predicted octanol–water partition coefficient (Wildman–Crippen LogP) is 1.28. The fourth-order valence-electron chi connectivity index (χ4n) is 2.89. The average Bonchev–Trinajstić information content (AvgIpc) is 2.82. The Morgan fingerprint density at radius 3 is 2.48 bits per heavy atom. The van der Waals surface area contributed by atoms with Gasteiger partial charge in [-0.1, -0.05) is 6.92 Å². The largest absolute Gasteiger partial charge is 0.417 e. The number of alkyl halides is 3. The van der Waals surface area contributed by atoms with Crippen molar-refractivity contribution in [3.05, 3.63) is 34.2 Å².